The highest BCUT2D eigenvalue weighted by molar-refractivity contribution is 7.89. The van der Waals surface area contributed by atoms with E-state index in [0.29, 0.717) is 31.0 Å². The summed E-state index contributed by atoms with van der Waals surface area (Å²) in [5.41, 5.74) is 0. The fraction of sp³-hybridized carbons (Fsp3) is 0.588. The van der Waals surface area contributed by atoms with E-state index in [9.17, 15) is 13.2 Å². The zero-order chi connectivity index (χ0) is 18.6. The van der Waals surface area contributed by atoms with Crippen LogP contribution in [-0.2, 0) is 14.8 Å². The molecule has 0 radical (unpaired) electrons. The quantitative estimate of drug-likeness (QED) is 0.812. The van der Waals surface area contributed by atoms with Gasteiger partial charge in [-0.3, -0.25) is 4.79 Å². The summed E-state index contributed by atoms with van der Waals surface area (Å²) in [5, 5.41) is 3.19. The number of benzene rings is 1. The van der Waals surface area contributed by atoms with Crippen LogP contribution in [0.25, 0.3) is 0 Å². The smallest absolute Gasteiger partial charge is 0.246 e. The normalized spacial score (nSPS) is 19.0. The van der Waals surface area contributed by atoms with Crippen LogP contribution in [-0.4, -0.2) is 44.4 Å². The Balaban J connectivity index is 2.27. The van der Waals surface area contributed by atoms with Gasteiger partial charge in [-0.05, 0) is 51.8 Å². The molecule has 0 bridgehead atoms. The van der Waals surface area contributed by atoms with Gasteiger partial charge in [0.1, 0.15) is 10.6 Å². The first-order valence-electron chi connectivity index (χ1n) is 8.48. The van der Waals surface area contributed by atoms with Crippen molar-refractivity contribution in [2.75, 3.05) is 19.7 Å². The Morgan fingerprint density at radius 2 is 2.16 bits per heavy atom. The molecule has 1 amide bonds. The molecule has 1 N–H and O–H groups in total. The zero-order valence-electron chi connectivity index (χ0n) is 14.8. The highest BCUT2D eigenvalue weighted by Crippen LogP contribution is 2.32. The van der Waals surface area contributed by atoms with Crippen molar-refractivity contribution >= 4 is 27.5 Å². The van der Waals surface area contributed by atoms with Crippen LogP contribution in [0, 0.1) is 5.92 Å². The average Bonchev–Trinajstić information content (AvgIpc) is 2.56. The lowest BCUT2D eigenvalue weighted by Gasteiger charge is -2.32. The minimum atomic E-state index is -3.79. The van der Waals surface area contributed by atoms with Gasteiger partial charge in [0, 0.05) is 24.2 Å². The summed E-state index contributed by atoms with van der Waals surface area (Å²) in [6.07, 6.45) is 1.32. The Kier molecular flexibility index (Phi) is 6.71. The predicted molar refractivity (Wildman–Crippen MR) is 97.4 cm³/mol. The molecule has 1 fully saturated rings. The highest BCUT2D eigenvalue weighted by Gasteiger charge is 2.35. The van der Waals surface area contributed by atoms with Gasteiger partial charge in [-0.15, -0.1) is 0 Å². The number of rotatable bonds is 6. The molecule has 1 aromatic rings. The van der Waals surface area contributed by atoms with Gasteiger partial charge in [0.15, 0.2) is 0 Å². The van der Waals surface area contributed by atoms with Crippen LogP contribution in [0.3, 0.4) is 0 Å². The van der Waals surface area contributed by atoms with Crippen molar-refractivity contribution in [2.24, 2.45) is 5.92 Å². The van der Waals surface area contributed by atoms with Gasteiger partial charge in [0.2, 0.25) is 15.9 Å². The summed E-state index contributed by atoms with van der Waals surface area (Å²) in [7, 11) is -3.79. The molecule has 0 spiro atoms. The van der Waals surface area contributed by atoms with E-state index in [1.165, 1.54) is 10.4 Å². The molecule has 6 nitrogen and oxygen atoms in total. The summed E-state index contributed by atoms with van der Waals surface area (Å²) in [5.74, 6) is -0.174. The molecule has 1 heterocycles. The monoisotopic (exact) mass is 388 g/mol. The molecule has 0 unspecified atom stereocenters. The number of nitrogens with zero attached hydrogens (tertiary/aromatic N) is 1. The molecule has 1 aliphatic heterocycles. The number of halogens is 1. The zero-order valence-corrected chi connectivity index (χ0v) is 16.4. The van der Waals surface area contributed by atoms with E-state index in [1.54, 1.807) is 19.1 Å². The lowest BCUT2D eigenvalue weighted by atomic mass is 9.98. The lowest BCUT2D eigenvalue weighted by Crippen LogP contribution is -2.46. The second-order valence-corrected chi connectivity index (χ2v) is 8.73. The van der Waals surface area contributed by atoms with E-state index in [-0.39, 0.29) is 35.1 Å². The van der Waals surface area contributed by atoms with E-state index in [0.717, 1.165) is 0 Å². The standard InChI is InChI=1S/C17H25ClN2O4S/c1-4-24-15-8-7-14(18)10-16(15)25(22,23)20-9-5-6-13(11-20)17(21)19-12(2)3/h7-8,10,12-13H,4-6,9,11H2,1-3H3,(H,19,21)/t13-/m1/s1. The number of amides is 1. The van der Waals surface area contributed by atoms with Crippen molar-refractivity contribution in [3.8, 4) is 5.75 Å². The summed E-state index contributed by atoms with van der Waals surface area (Å²) in [6.45, 7) is 6.46. The molecule has 1 aliphatic rings. The maximum absolute atomic E-state index is 13.1. The van der Waals surface area contributed by atoms with Crippen LogP contribution in [0.1, 0.15) is 33.6 Å². The van der Waals surface area contributed by atoms with Crippen LogP contribution < -0.4 is 10.1 Å². The van der Waals surface area contributed by atoms with Crippen LogP contribution in [0.5, 0.6) is 5.75 Å². The number of piperidine rings is 1. The minimum Gasteiger partial charge on any atom is -0.492 e. The average molecular weight is 389 g/mol. The van der Waals surface area contributed by atoms with Crippen molar-refractivity contribution in [2.45, 2.75) is 44.6 Å². The number of sulfonamides is 1. The Morgan fingerprint density at radius 1 is 1.44 bits per heavy atom. The summed E-state index contributed by atoms with van der Waals surface area (Å²) in [4.78, 5) is 12.3. The highest BCUT2D eigenvalue weighted by atomic mass is 35.5. The molecule has 0 aliphatic carbocycles. The maximum Gasteiger partial charge on any atom is 0.246 e. The number of carbonyl (C=O) groups is 1. The van der Waals surface area contributed by atoms with E-state index >= 15 is 0 Å². The predicted octanol–water partition coefficient (Wildman–Crippen LogP) is 2.66. The second-order valence-electron chi connectivity index (χ2n) is 6.39. The molecule has 1 aromatic carbocycles. The van der Waals surface area contributed by atoms with Gasteiger partial charge in [0.25, 0.3) is 0 Å². The third-order valence-electron chi connectivity index (χ3n) is 4.01. The summed E-state index contributed by atoms with van der Waals surface area (Å²) in [6, 6.07) is 4.59. The Bertz CT molecular complexity index is 721. The van der Waals surface area contributed by atoms with Crippen molar-refractivity contribution < 1.29 is 17.9 Å². The number of ether oxygens (including phenoxy) is 1. The Hall–Kier alpha value is -1.31. The molecule has 0 saturated carbocycles. The van der Waals surface area contributed by atoms with Crippen molar-refractivity contribution in [3.63, 3.8) is 0 Å². The number of hydrogen-bond acceptors (Lipinski definition) is 4. The van der Waals surface area contributed by atoms with Crippen molar-refractivity contribution in [1.82, 2.24) is 9.62 Å². The van der Waals surface area contributed by atoms with E-state index < -0.39 is 10.0 Å². The van der Waals surface area contributed by atoms with Crippen LogP contribution in [0.15, 0.2) is 23.1 Å². The van der Waals surface area contributed by atoms with Gasteiger partial charge in [-0.2, -0.15) is 4.31 Å². The Morgan fingerprint density at radius 3 is 2.80 bits per heavy atom. The summed E-state index contributed by atoms with van der Waals surface area (Å²) >= 11 is 6.00. The number of carbonyl (C=O) groups excluding carboxylic acids is 1. The first-order valence-corrected chi connectivity index (χ1v) is 10.3. The van der Waals surface area contributed by atoms with Gasteiger partial charge >= 0.3 is 0 Å². The van der Waals surface area contributed by atoms with Crippen LogP contribution in [0.2, 0.25) is 5.02 Å². The molecule has 25 heavy (non-hydrogen) atoms. The molecule has 2 rings (SSSR count). The third-order valence-corrected chi connectivity index (χ3v) is 6.13. The third kappa shape index (κ3) is 4.86. The largest absolute Gasteiger partial charge is 0.492 e. The van der Waals surface area contributed by atoms with E-state index in [4.69, 9.17) is 16.3 Å². The molecule has 0 aromatic heterocycles. The van der Waals surface area contributed by atoms with Crippen LogP contribution in [0.4, 0.5) is 0 Å². The first kappa shape index (κ1) is 20.0. The van der Waals surface area contributed by atoms with Crippen LogP contribution >= 0.6 is 11.6 Å². The minimum absolute atomic E-state index is 0.0250. The molecule has 140 valence electrons. The van der Waals surface area contributed by atoms with E-state index in [2.05, 4.69) is 5.32 Å². The summed E-state index contributed by atoms with van der Waals surface area (Å²) < 4.78 is 33.0. The molecule has 8 heteroatoms. The van der Waals surface area contributed by atoms with Crippen molar-refractivity contribution in [1.29, 1.82) is 0 Å². The van der Waals surface area contributed by atoms with Gasteiger partial charge < -0.3 is 10.1 Å². The molecule has 1 atom stereocenters. The van der Waals surface area contributed by atoms with Gasteiger partial charge in [-0.25, -0.2) is 8.42 Å². The lowest BCUT2D eigenvalue weighted by molar-refractivity contribution is -0.126. The molecular weight excluding hydrogens is 364 g/mol. The van der Waals surface area contributed by atoms with Gasteiger partial charge in [0.05, 0.1) is 12.5 Å². The maximum atomic E-state index is 13.1. The SMILES string of the molecule is CCOc1ccc(Cl)cc1S(=O)(=O)N1CCC[C@@H](C(=O)NC(C)C)C1. The van der Waals surface area contributed by atoms with E-state index in [1.807, 2.05) is 13.8 Å². The second kappa shape index (κ2) is 8.38. The first-order chi connectivity index (χ1) is 11.8. The number of nitrogens with one attached hydrogen (secondary N) is 1. The Labute approximate surface area is 154 Å². The van der Waals surface area contributed by atoms with Crippen molar-refractivity contribution in [3.05, 3.63) is 23.2 Å². The fourth-order valence-corrected chi connectivity index (χ4v) is 4.79. The van der Waals surface area contributed by atoms with Gasteiger partial charge in [-0.1, -0.05) is 11.6 Å². The fourth-order valence-electron chi connectivity index (χ4n) is 2.87. The molecule has 1 saturated heterocycles. The topological polar surface area (TPSA) is 75.7 Å². The molecular formula is C17H25ClN2O4S. The number of hydrogen-bond donors (Lipinski definition) is 1.